The average molecular weight is 372 g/mol. The Kier molecular flexibility index (Phi) is 7.30. The molecule has 0 aliphatic rings. The van der Waals surface area contributed by atoms with Crippen molar-refractivity contribution in [2.24, 2.45) is 0 Å². The molecule has 0 saturated heterocycles. The Balaban J connectivity index is 1.92. The zero-order chi connectivity index (χ0) is 19.6. The van der Waals surface area contributed by atoms with Gasteiger partial charge in [0, 0.05) is 12.2 Å². The Morgan fingerprint density at radius 1 is 1.00 bits per heavy atom. The van der Waals surface area contributed by atoms with Gasteiger partial charge in [-0.2, -0.15) is 0 Å². The largest absolute Gasteiger partial charge is 0.376 e. The number of carbonyl (C=O) groups excluding carboxylic acids is 3. The van der Waals surface area contributed by atoms with E-state index in [1.54, 1.807) is 19.1 Å². The summed E-state index contributed by atoms with van der Waals surface area (Å²) < 4.78 is 13.9. The zero-order valence-corrected chi connectivity index (χ0v) is 14.8. The molecule has 0 heterocycles. The van der Waals surface area contributed by atoms with Gasteiger partial charge in [0.25, 0.3) is 0 Å². The van der Waals surface area contributed by atoms with Gasteiger partial charge in [0.1, 0.15) is 5.82 Å². The molecule has 0 atom stereocenters. The van der Waals surface area contributed by atoms with Crippen LogP contribution in [0, 0.1) is 5.82 Å². The van der Waals surface area contributed by atoms with Gasteiger partial charge >= 0.3 is 6.03 Å². The molecule has 0 bridgehead atoms. The minimum Gasteiger partial charge on any atom is -0.376 e. The first kappa shape index (κ1) is 19.9. The molecular weight excluding hydrogens is 351 g/mol. The summed E-state index contributed by atoms with van der Waals surface area (Å²) in [4.78, 5) is 35.0. The van der Waals surface area contributed by atoms with Crippen molar-refractivity contribution in [3.05, 3.63) is 59.9 Å². The van der Waals surface area contributed by atoms with E-state index < -0.39 is 17.8 Å². The number of urea groups is 1. The number of imide groups is 1. The highest BCUT2D eigenvalue weighted by Crippen LogP contribution is 2.20. The Morgan fingerprint density at radius 3 is 2.44 bits per heavy atom. The van der Waals surface area contributed by atoms with Crippen LogP contribution in [0.15, 0.2) is 48.5 Å². The molecule has 0 aliphatic heterocycles. The molecule has 0 unspecified atom stereocenters. The van der Waals surface area contributed by atoms with Crippen molar-refractivity contribution >= 4 is 29.2 Å². The SMILES string of the molecule is CCNC(=O)NC(=O)CNc1ccc(F)c(NC(=O)Cc2ccccc2)c1. The van der Waals surface area contributed by atoms with Crippen molar-refractivity contribution in [1.82, 2.24) is 10.6 Å². The molecule has 4 N–H and O–H groups in total. The van der Waals surface area contributed by atoms with Gasteiger partial charge in [0.2, 0.25) is 11.8 Å². The predicted octanol–water partition coefficient (Wildman–Crippen LogP) is 2.26. The lowest BCUT2D eigenvalue weighted by Gasteiger charge is -2.11. The number of halogens is 1. The third kappa shape index (κ3) is 6.77. The Bertz CT molecular complexity index is 812. The predicted molar refractivity (Wildman–Crippen MR) is 101 cm³/mol. The van der Waals surface area contributed by atoms with E-state index in [-0.39, 0.29) is 24.6 Å². The quantitative estimate of drug-likeness (QED) is 0.599. The number of nitrogens with one attached hydrogen (secondary N) is 4. The number of hydrogen-bond donors (Lipinski definition) is 4. The lowest BCUT2D eigenvalue weighted by atomic mass is 10.1. The van der Waals surface area contributed by atoms with Crippen molar-refractivity contribution in [2.45, 2.75) is 13.3 Å². The fourth-order valence-corrected chi connectivity index (χ4v) is 2.26. The van der Waals surface area contributed by atoms with Crippen molar-refractivity contribution in [1.29, 1.82) is 0 Å². The Hall–Kier alpha value is -3.42. The third-order valence-corrected chi connectivity index (χ3v) is 3.49. The number of hydrogen-bond acceptors (Lipinski definition) is 4. The minimum atomic E-state index is -0.589. The highest BCUT2D eigenvalue weighted by molar-refractivity contribution is 5.96. The normalized spacial score (nSPS) is 10.0. The molecule has 0 spiro atoms. The summed E-state index contributed by atoms with van der Waals surface area (Å²) >= 11 is 0. The van der Waals surface area contributed by atoms with E-state index in [1.807, 2.05) is 18.2 Å². The fourth-order valence-electron chi connectivity index (χ4n) is 2.26. The van der Waals surface area contributed by atoms with E-state index in [1.165, 1.54) is 18.2 Å². The molecule has 0 radical (unpaired) electrons. The van der Waals surface area contributed by atoms with Gasteiger partial charge in [0.15, 0.2) is 0 Å². The standard InChI is InChI=1S/C19H21FN4O3/c1-2-21-19(27)24-18(26)12-22-14-8-9-15(20)16(11-14)23-17(25)10-13-6-4-3-5-7-13/h3-9,11,22H,2,10,12H2,1H3,(H,23,25)(H2,21,24,26,27). The molecule has 0 saturated carbocycles. The first-order chi connectivity index (χ1) is 13.0. The van der Waals surface area contributed by atoms with E-state index in [0.29, 0.717) is 12.2 Å². The second kappa shape index (κ2) is 9.91. The van der Waals surface area contributed by atoms with Gasteiger partial charge in [-0.15, -0.1) is 0 Å². The number of carbonyl (C=O) groups is 3. The molecule has 0 fully saturated rings. The summed E-state index contributed by atoms with van der Waals surface area (Å²) in [6.07, 6.45) is 0.118. The summed E-state index contributed by atoms with van der Waals surface area (Å²) in [5, 5.41) is 9.87. The molecule has 142 valence electrons. The third-order valence-electron chi connectivity index (χ3n) is 3.49. The maximum absolute atomic E-state index is 13.9. The van der Waals surface area contributed by atoms with Gasteiger partial charge < -0.3 is 16.0 Å². The topological polar surface area (TPSA) is 99.3 Å². The zero-order valence-electron chi connectivity index (χ0n) is 14.8. The van der Waals surface area contributed by atoms with Crippen LogP contribution in [0.2, 0.25) is 0 Å². The summed E-state index contributed by atoms with van der Waals surface area (Å²) in [7, 11) is 0. The smallest absolute Gasteiger partial charge is 0.321 e. The molecule has 0 aliphatic carbocycles. The van der Waals surface area contributed by atoms with Crippen LogP contribution in [-0.2, 0) is 16.0 Å². The van der Waals surface area contributed by atoms with Crippen LogP contribution >= 0.6 is 0 Å². The molecule has 4 amide bonds. The van der Waals surface area contributed by atoms with E-state index in [4.69, 9.17) is 0 Å². The lowest BCUT2D eigenvalue weighted by Crippen LogP contribution is -2.41. The van der Waals surface area contributed by atoms with E-state index in [0.717, 1.165) is 5.56 Å². The van der Waals surface area contributed by atoms with Crippen molar-refractivity contribution in [3.63, 3.8) is 0 Å². The van der Waals surface area contributed by atoms with E-state index >= 15 is 0 Å². The van der Waals surface area contributed by atoms with Gasteiger partial charge in [-0.25, -0.2) is 9.18 Å². The van der Waals surface area contributed by atoms with Crippen LogP contribution in [-0.4, -0.2) is 30.9 Å². The van der Waals surface area contributed by atoms with Crippen molar-refractivity contribution in [2.75, 3.05) is 23.7 Å². The maximum atomic E-state index is 13.9. The summed E-state index contributed by atoms with van der Waals surface area (Å²) in [6, 6.07) is 12.5. The van der Waals surface area contributed by atoms with Crippen molar-refractivity contribution < 1.29 is 18.8 Å². The first-order valence-electron chi connectivity index (χ1n) is 8.42. The van der Waals surface area contributed by atoms with Crippen LogP contribution in [0.5, 0.6) is 0 Å². The Morgan fingerprint density at radius 2 is 1.74 bits per heavy atom. The lowest BCUT2D eigenvalue weighted by molar-refractivity contribution is -0.118. The van der Waals surface area contributed by atoms with Gasteiger partial charge in [-0.05, 0) is 30.7 Å². The second-order valence-corrected chi connectivity index (χ2v) is 5.67. The second-order valence-electron chi connectivity index (χ2n) is 5.67. The molecule has 27 heavy (non-hydrogen) atoms. The average Bonchev–Trinajstić information content (AvgIpc) is 2.63. The van der Waals surface area contributed by atoms with E-state index in [9.17, 15) is 18.8 Å². The molecule has 0 aromatic heterocycles. The van der Waals surface area contributed by atoms with Gasteiger partial charge in [0.05, 0.1) is 18.7 Å². The number of rotatable bonds is 7. The van der Waals surface area contributed by atoms with Crippen LogP contribution < -0.4 is 21.3 Å². The Labute approximate surface area is 156 Å². The van der Waals surface area contributed by atoms with Gasteiger partial charge in [-0.3, -0.25) is 14.9 Å². The first-order valence-corrected chi connectivity index (χ1v) is 8.42. The van der Waals surface area contributed by atoms with Crippen LogP contribution in [0.3, 0.4) is 0 Å². The molecule has 8 heteroatoms. The monoisotopic (exact) mass is 372 g/mol. The molecule has 2 aromatic rings. The molecule has 2 aromatic carbocycles. The fraction of sp³-hybridized carbons (Fsp3) is 0.211. The molecule has 7 nitrogen and oxygen atoms in total. The highest BCUT2D eigenvalue weighted by atomic mass is 19.1. The number of anilines is 2. The van der Waals surface area contributed by atoms with Crippen LogP contribution in [0.25, 0.3) is 0 Å². The minimum absolute atomic E-state index is 0.00469. The highest BCUT2D eigenvalue weighted by Gasteiger charge is 2.10. The van der Waals surface area contributed by atoms with Crippen LogP contribution in [0.4, 0.5) is 20.6 Å². The number of amides is 4. The summed E-state index contributed by atoms with van der Waals surface area (Å²) in [5.74, 6) is -1.49. The number of benzene rings is 2. The van der Waals surface area contributed by atoms with Crippen LogP contribution in [0.1, 0.15) is 12.5 Å². The summed E-state index contributed by atoms with van der Waals surface area (Å²) in [6.45, 7) is 1.95. The summed E-state index contributed by atoms with van der Waals surface area (Å²) in [5.41, 5.74) is 1.24. The molecule has 2 rings (SSSR count). The van der Waals surface area contributed by atoms with Crippen molar-refractivity contribution in [3.8, 4) is 0 Å². The van der Waals surface area contributed by atoms with Gasteiger partial charge in [-0.1, -0.05) is 30.3 Å². The van der Waals surface area contributed by atoms with E-state index in [2.05, 4.69) is 21.3 Å². The maximum Gasteiger partial charge on any atom is 0.321 e. The molecular formula is C19H21FN4O3.